The van der Waals surface area contributed by atoms with Gasteiger partial charge in [-0.2, -0.15) is 0 Å². The van der Waals surface area contributed by atoms with Crippen molar-refractivity contribution in [3.05, 3.63) is 72.3 Å². The summed E-state index contributed by atoms with van der Waals surface area (Å²) < 4.78 is 17.1. The van der Waals surface area contributed by atoms with Gasteiger partial charge in [0.25, 0.3) is 0 Å². The summed E-state index contributed by atoms with van der Waals surface area (Å²) in [5.41, 5.74) is 1.41. The van der Waals surface area contributed by atoms with Crippen LogP contribution in [0, 0.1) is 0 Å². The highest BCUT2D eigenvalue weighted by atomic mass is 16.5. The van der Waals surface area contributed by atoms with Crippen molar-refractivity contribution < 1.29 is 19.0 Å². The second kappa shape index (κ2) is 10.4. The molecule has 0 aliphatic heterocycles. The van der Waals surface area contributed by atoms with Gasteiger partial charge in [0.1, 0.15) is 23.9 Å². The van der Waals surface area contributed by atoms with Crippen LogP contribution in [0.25, 0.3) is 6.08 Å². The van der Waals surface area contributed by atoms with Crippen molar-refractivity contribution in [3.63, 3.8) is 0 Å². The summed E-state index contributed by atoms with van der Waals surface area (Å²) in [6.45, 7) is 11.9. The highest BCUT2D eigenvalue weighted by Gasteiger charge is 2.09. The van der Waals surface area contributed by atoms with E-state index in [1.54, 1.807) is 42.5 Å². The van der Waals surface area contributed by atoms with E-state index in [0.717, 1.165) is 11.3 Å². The fourth-order valence-electron chi connectivity index (χ4n) is 2.49. The largest absolute Gasteiger partial charge is 0.491 e. The third kappa shape index (κ3) is 6.62. The molecule has 0 aromatic heterocycles. The van der Waals surface area contributed by atoms with E-state index in [4.69, 9.17) is 14.2 Å². The number of allylic oxidation sites excluding steroid dienone is 1. The molecule has 2 aromatic rings. The lowest BCUT2D eigenvalue weighted by Crippen LogP contribution is -2.09. The molecular weight excluding hydrogens is 352 g/mol. The van der Waals surface area contributed by atoms with E-state index in [1.807, 2.05) is 45.9 Å². The maximum absolute atomic E-state index is 12.5. The summed E-state index contributed by atoms with van der Waals surface area (Å²) in [6, 6.07) is 12.7. The van der Waals surface area contributed by atoms with Gasteiger partial charge in [0.05, 0.1) is 12.2 Å². The van der Waals surface area contributed by atoms with Gasteiger partial charge in [0, 0.05) is 17.2 Å². The Hall–Kier alpha value is -3.01. The molecule has 0 aliphatic carbocycles. The predicted octanol–water partition coefficient (Wildman–Crippen LogP) is 5.72. The third-order valence-corrected chi connectivity index (χ3v) is 3.64. The molecule has 0 N–H and O–H groups in total. The number of ether oxygens (including phenoxy) is 3. The van der Waals surface area contributed by atoms with E-state index in [2.05, 4.69) is 6.58 Å². The summed E-state index contributed by atoms with van der Waals surface area (Å²) in [5, 5.41) is 0. The lowest BCUT2D eigenvalue weighted by atomic mass is 10.1. The molecule has 0 saturated heterocycles. The molecular formula is C24H28O4. The monoisotopic (exact) mass is 380 g/mol. The first kappa shape index (κ1) is 21.3. The summed E-state index contributed by atoms with van der Waals surface area (Å²) >= 11 is 0. The van der Waals surface area contributed by atoms with Gasteiger partial charge in [-0.3, -0.25) is 4.79 Å². The first-order valence-corrected chi connectivity index (χ1v) is 9.42. The minimum Gasteiger partial charge on any atom is -0.491 e. The van der Waals surface area contributed by atoms with Crippen LogP contribution in [0.4, 0.5) is 0 Å². The maximum Gasteiger partial charge on any atom is 0.185 e. The van der Waals surface area contributed by atoms with Gasteiger partial charge in [-0.1, -0.05) is 12.7 Å². The standard InChI is InChI=1S/C24H28O4/c1-6-15-26-21-11-7-19(8-12-21)23(25)14-10-20-9-13-22(27-17(2)3)16-24(20)28-18(4)5/h6-14,16-18H,1,15H2,2-5H3/b14-10+. The molecule has 0 radical (unpaired) electrons. The Morgan fingerprint density at radius 3 is 2.21 bits per heavy atom. The molecule has 28 heavy (non-hydrogen) atoms. The van der Waals surface area contributed by atoms with Crippen LogP contribution in [0.15, 0.2) is 61.2 Å². The lowest BCUT2D eigenvalue weighted by Gasteiger charge is -2.16. The number of hydrogen-bond donors (Lipinski definition) is 0. The van der Waals surface area contributed by atoms with Crippen LogP contribution >= 0.6 is 0 Å². The highest BCUT2D eigenvalue weighted by Crippen LogP contribution is 2.28. The van der Waals surface area contributed by atoms with Crippen LogP contribution in [0.2, 0.25) is 0 Å². The molecule has 0 amide bonds. The normalized spacial score (nSPS) is 11.1. The molecule has 0 unspecified atom stereocenters. The number of carbonyl (C=O) groups is 1. The average Bonchev–Trinajstić information content (AvgIpc) is 2.65. The quantitative estimate of drug-likeness (QED) is 0.300. The Labute approximate surface area is 167 Å². The van der Waals surface area contributed by atoms with Crippen molar-refractivity contribution in [2.45, 2.75) is 39.9 Å². The topological polar surface area (TPSA) is 44.8 Å². The van der Waals surface area contributed by atoms with E-state index >= 15 is 0 Å². The molecule has 4 nitrogen and oxygen atoms in total. The molecule has 0 atom stereocenters. The Morgan fingerprint density at radius 1 is 0.964 bits per heavy atom. The molecule has 0 aliphatic rings. The zero-order chi connectivity index (χ0) is 20.5. The smallest absolute Gasteiger partial charge is 0.185 e. The fraction of sp³-hybridized carbons (Fsp3) is 0.292. The minimum atomic E-state index is -0.0896. The van der Waals surface area contributed by atoms with Gasteiger partial charge in [-0.05, 0) is 76.2 Å². The first-order valence-electron chi connectivity index (χ1n) is 9.42. The summed E-state index contributed by atoms with van der Waals surface area (Å²) in [7, 11) is 0. The van der Waals surface area contributed by atoms with Crippen LogP contribution in [-0.4, -0.2) is 24.6 Å². The van der Waals surface area contributed by atoms with Crippen molar-refractivity contribution in [2.24, 2.45) is 0 Å². The second-order valence-electron chi connectivity index (χ2n) is 6.85. The maximum atomic E-state index is 12.5. The van der Waals surface area contributed by atoms with Crippen molar-refractivity contribution >= 4 is 11.9 Å². The number of hydrogen-bond acceptors (Lipinski definition) is 4. The Kier molecular flexibility index (Phi) is 7.88. The van der Waals surface area contributed by atoms with E-state index in [0.29, 0.717) is 23.7 Å². The summed E-state index contributed by atoms with van der Waals surface area (Å²) in [5.74, 6) is 2.04. The number of carbonyl (C=O) groups excluding carboxylic acids is 1. The average molecular weight is 380 g/mol. The zero-order valence-electron chi connectivity index (χ0n) is 17.0. The zero-order valence-corrected chi connectivity index (χ0v) is 17.0. The van der Waals surface area contributed by atoms with Crippen molar-refractivity contribution in [1.29, 1.82) is 0 Å². The van der Waals surface area contributed by atoms with Crippen LogP contribution in [0.1, 0.15) is 43.6 Å². The molecule has 0 bridgehead atoms. The van der Waals surface area contributed by atoms with Crippen LogP contribution in [0.5, 0.6) is 17.2 Å². The molecule has 0 spiro atoms. The van der Waals surface area contributed by atoms with Gasteiger partial charge in [0.2, 0.25) is 0 Å². The van der Waals surface area contributed by atoms with E-state index in [9.17, 15) is 4.79 Å². The molecule has 148 valence electrons. The third-order valence-electron chi connectivity index (χ3n) is 3.64. The molecule has 4 heteroatoms. The van der Waals surface area contributed by atoms with Gasteiger partial charge >= 0.3 is 0 Å². The lowest BCUT2D eigenvalue weighted by molar-refractivity contribution is 0.104. The molecule has 0 fully saturated rings. The van der Waals surface area contributed by atoms with Crippen molar-refractivity contribution in [1.82, 2.24) is 0 Å². The van der Waals surface area contributed by atoms with Crippen LogP contribution in [-0.2, 0) is 0 Å². The molecule has 2 rings (SSSR count). The molecule has 0 heterocycles. The predicted molar refractivity (Wildman–Crippen MR) is 113 cm³/mol. The molecule has 0 saturated carbocycles. The Balaban J connectivity index is 2.16. The number of ketones is 1. The van der Waals surface area contributed by atoms with Gasteiger partial charge < -0.3 is 14.2 Å². The Morgan fingerprint density at radius 2 is 1.61 bits per heavy atom. The van der Waals surface area contributed by atoms with E-state index < -0.39 is 0 Å². The van der Waals surface area contributed by atoms with E-state index in [1.165, 1.54) is 0 Å². The Bertz CT molecular complexity index is 817. The SMILES string of the molecule is C=CCOc1ccc(C(=O)/C=C/c2ccc(OC(C)C)cc2OC(C)C)cc1. The van der Waals surface area contributed by atoms with E-state index in [-0.39, 0.29) is 18.0 Å². The number of rotatable bonds is 10. The summed E-state index contributed by atoms with van der Waals surface area (Å²) in [6.07, 6.45) is 5.08. The number of benzene rings is 2. The van der Waals surface area contributed by atoms with Crippen LogP contribution in [0.3, 0.4) is 0 Å². The van der Waals surface area contributed by atoms with Gasteiger partial charge in [-0.15, -0.1) is 0 Å². The van der Waals surface area contributed by atoms with Gasteiger partial charge in [0.15, 0.2) is 5.78 Å². The van der Waals surface area contributed by atoms with Crippen molar-refractivity contribution in [3.8, 4) is 17.2 Å². The second-order valence-corrected chi connectivity index (χ2v) is 6.85. The van der Waals surface area contributed by atoms with Gasteiger partial charge in [-0.25, -0.2) is 0 Å². The minimum absolute atomic E-state index is 0.0141. The first-order chi connectivity index (χ1) is 13.4. The van der Waals surface area contributed by atoms with Crippen LogP contribution < -0.4 is 14.2 Å². The van der Waals surface area contributed by atoms with Crippen molar-refractivity contribution in [2.75, 3.05) is 6.61 Å². The summed E-state index contributed by atoms with van der Waals surface area (Å²) in [4.78, 5) is 12.5. The highest BCUT2D eigenvalue weighted by molar-refractivity contribution is 6.07. The fourth-order valence-corrected chi connectivity index (χ4v) is 2.49. The molecule has 2 aromatic carbocycles.